The highest BCUT2D eigenvalue weighted by molar-refractivity contribution is 7.89. The van der Waals surface area contributed by atoms with Crippen molar-refractivity contribution in [3.05, 3.63) is 48.5 Å². The number of rotatable bonds is 9. The minimum Gasteiger partial charge on any atom is -0.492 e. The van der Waals surface area contributed by atoms with Crippen molar-refractivity contribution in [3.8, 4) is 5.75 Å². The van der Waals surface area contributed by atoms with Crippen LogP contribution < -0.4 is 20.7 Å². The lowest BCUT2D eigenvalue weighted by molar-refractivity contribution is -0.116. The number of hydrogen-bond donors (Lipinski definition) is 3. The third kappa shape index (κ3) is 6.91. The van der Waals surface area contributed by atoms with Crippen molar-refractivity contribution in [2.75, 3.05) is 50.1 Å². The van der Waals surface area contributed by atoms with Crippen LogP contribution in [0.15, 0.2) is 53.4 Å². The Morgan fingerprint density at radius 3 is 2.48 bits per heavy atom. The quantitative estimate of drug-likeness (QED) is 0.510. The van der Waals surface area contributed by atoms with E-state index in [1.54, 1.807) is 31.2 Å². The molecule has 2 aromatic rings. The van der Waals surface area contributed by atoms with Gasteiger partial charge in [-0.1, -0.05) is 18.2 Å². The SMILES string of the molecule is CCOc1ccc(S(=O)(=O)N2CCOCC2)cc1NC(=O)CCNC(=O)Nc1ccccc1. The lowest BCUT2D eigenvalue weighted by Gasteiger charge is -2.26. The van der Waals surface area contributed by atoms with Crippen LogP contribution in [0.25, 0.3) is 0 Å². The van der Waals surface area contributed by atoms with Crippen LogP contribution in [0.3, 0.4) is 0 Å². The Labute approximate surface area is 193 Å². The van der Waals surface area contributed by atoms with Gasteiger partial charge in [0.1, 0.15) is 5.75 Å². The van der Waals surface area contributed by atoms with Gasteiger partial charge in [-0.25, -0.2) is 13.2 Å². The smallest absolute Gasteiger partial charge is 0.319 e. The summed E-state index contributed by atoms with van der Waals surface area (Å²) in [4.78, 5) is 24.5. The molecule has 33 heavy (non-hydrogen) atoms. The van der Waals surface area contributed by atoms with Crippen molar-refractivity contribution in [3.63, 3.8) is 0 Å². The second-order valence-electron chi connectivity index (χ2n) is 7.15. The molecule has 11 heteroatoms. The van der Waals surface area contributed by atoms with E-state index in [1.165, 1.54) is 22.5 Å². The Morgan fingerprint density at radius 1 is 1.06 bits per heavy atom. The largest absolute Gasteiger partial charge is 0.492 e. The van der Waals surface area contributed by atoms with Crippen LogP contribution in [0.2, 0.25) is 0 Å². The summed E-state index contributed by atoms with van der Waals surface area (Å²) in [6.45, 7) is 3.45. The molecule has 3 rings (SSSR count). The summed E-state index contributed by atoms with van der Waals surface area (Å²) in [6, 6.07) is 12.9. The molecule has 0 spiro atoms. The van der Waals surface area contributed by atoms with Gasteiger partial charge >= 0.3 is 6.03 Å². The minimum absolute atomic E-state index is 0.00574. The fourth-order valence-corrected chi connectivity index (χ4v) is 4.62. The first-order valence-corrected chi connectivity index (χ1v) is 12.1. The number of carbonyl (C=O) groups excluding carboxylic acids is 2. The molecule has 3 amide bonds. The molecule has 1 aliphatic rings. The number of urea groups is 1. The van der Waals surface area contributed by atoms with E-state index in [0.717, 1.165) is 0 Å². The molecule has 0 bridgehead atoms. The van der Waals surface area contributed by atoms with Crippen LogP contribution in [0, 0.1) is 0 Å². The first-order valence-electron chi connectivity index (χ1n) is 10.6. The van der Waals surface area contributed by atoms with Crippen molar-refractivity contribution in [1.29, 1.82) is 0 Å². The van der Waals surface area contributed by atoms with Gasteiger partial charge in [0.2, 0.25) is 15.9 Å². The van der Waals surface area contributed by atoms with E-state index >= 15 is 0 Å². The number of sulfonamides is 1. The van der Waals surface area contributed by atoms with Gasteiger partial charge in [0.05, 0.1) is 30.4 Å². The summed E-state index contributed by atoms with van der Waals surface area (Å²) in [5.41, 5.74) is 0.893. The van der Waals surface area contributed by atoms with E-state index in [9.17, 15) is 18.0 Å². The number of hydrogen-bond acceptors (Lipinski definition) is 6. The molecule has 0 saturated carbocycles. The van der Waals surface area contributed by atoms with Gasteiger partial charge in [-0.15, -0.1) is 0 Å². The van der Waals surface area contributed by atoms with Crippen LogP contribution in [0.4, 0.5) is 16.2 Å². The van der Waals surface area contributed by atoms with Crippen LogP contribution in [-0.2, 0) is 19.6 Å². The predicted molar refractivity (Wildman–Crippen MR) is 124 cm³/mol. The van der Waals surface area contributed by atoms with Crippen LogP contribution in [0.1, 0.15) is 13.3 Å². The highest BCUT2D eigenvalue weighted by atomic mass is 32.2. The maximum Gasteiger partial charge on any atom is 0.319 e. The average Bonchev–Trinajstić information content (AvgIpc) is 2.81. The second kappa shape index (κ2) is 11.6. The predicted octanol–water partition coefficient (Wildman–Crippen LogP) is 2.26. The number of amides is 3. The van der Waals surface area contributed by atoms with E-state index in [4.69, 9.17) is 9.47 Å². The third-order valence-corrected chi connectivity index (χ3v) is 6.70. The lowest BCUT2D eigenvalue weighted by atomic mass is 10.2. The van der Waals surface area contributed by atoms with Gasteiger partial charge in [-0.05, 0) is 37.3 Å². The Hall–Kier alpha value is -3.15. The van der Waals surface area contributed by atoms with E-state index < -0.39 is 22.0 Å². The zero-order chi connectivity index (χ0) is 23.7. The maximum atomic E-state index is 13.0. The summed E-state index contributed by atoms with van der Waals surface area (Å²) in [7, 11) is -3.73. The molecule has 1 heterocycles. The average molecular weight is 477 g/mol. The van der Waals surface area contributed by atoms with Gasteiger partial charge in [0.25, 0.3) is 0 Å². The molecule has 0 aromatic heterocycles. The number of morpholine rings is 1. The number of nitrogens with zero attached hydrogens (tertiary/aromatic N) is 1. The molecule has 178 valence electrons. The molecule has 1 aliphatic heterocycles. The Balaban J connectivity index is 1.61. The van der Waals surface area contributed by atoms with E-state index in [2.05, 4.69) is 16.0 Å². The second-order valence-corrected chi connectivity index (χ2v) is 9.09. The fourth-order valence-electron chi connectivity index (χ4n) is 3.18. The van der Waals surface area contributed by atoms with Gasteiger partial charge in [-0.3, -0.25) is 4.79 Å². The molecule has 0 radical (unpaired) electrons. The standard InChI is InChI=1S/C22H28N4O6S/c1-2-32-20-9-8-18(33(29,30)26-12-14-31-15-13-26)16-19(20)25-21(27)10-11-23-22(28)24-17-6-4-3-5-7-17/h3-9,16H,2,10-15H2,1H3,(H,25,27)(H2,23,24,28). The van der Waals surface area contributed by atoms with Crippen molar-refractivity contribution in [1.82, 2.24) is 9.62 Å². The summed E-state index contributed by atoms with van der Waals surface area (Å²) < 4.78 is 38.0. The number of anilines is 2. The molecule has 10 nitrogen and oxygen atoms in total. The molecule has 0 atom stereocenters. The number of nitrogens with one attached hydrogen (secondary N) is 3. The highest BCUT2D eigenvalue weighted by Crippen LogP contribution is 2.29. The number of carbonyl (C=O) groups is 2. The number of benzene rings is 2. The molecule has 1 fully saturated rings. The summed E-state index contributed by atoms with van der Waals surface area (Å²) >= 11 is 0. The molecular weight excluding hydrogens is 448 g/mol. The topological polar surface area (TPSA) is 126 Å². The minimum atomic E-state index is -3.73. The summed E-state index contributed by atoms with van der Waals surface area (Å²) in [5, 5.41) is 7.97. The van der Waals surface area contributed by atoms with E-state index in [1.807, 2.05) is 6.07 Å². The van der Waals surface area contributed by atoms with Crippen LogP contribution in [-0.4, -0.2) is 64.1 Å². The fraction of sp³-hybridized carbons (Fsp3) is 0.364. The van der Waals surface area contributed by atoms with Crippen molar-refractivity contribution in [2.45, 2.75) is 18.2 Å². The lowest BCUT2D eigenvalue weighted by Crippen LogP contribution is -2.40. The molecular formula is C22H28N4O6S. The van der Waals surface area contributed by atoms with Gasteiger partial charge in [0.15, 0.2) is 0 Å². The van der Waals surface area contributed by atoms with Gasteiger partial charge in [0, 0.05) is 31.7 Å². The van der Waals surface area contributed by atoms with Crippen LogP contribution in [0.5, 0.6) is 5.75 Å². The van der Waals surface area contributed by atoms with Gasteiger partial charge < -0.3 is 25.4 Å². The normalized spacial score (nSPS) is 14.3. The molecule has 2 aromatic carbocycles. The first-order chi connectivity index (χ1) is 15.9. The Morgan fingerprint density at radius 2 is 1.79 bits per heavy atom. The van der Waals surface area contributed by atoms with Crippen molar-refractivity contribution >= 4 is 33.3 Å². The maximum absolute atomic E-state index is 13.0. The van der Waals surface area contributed by atoms with E-state index in [0.29, 0.717) is 31.3 Å². The number of ether oxygens (including phenoxy) is 2. The number of para-hydroxylation sites is 1. The van der Waals surface area contributed by atoms with Crippen molar-refractivity contribution < 1.29 is 27.5 Å². The zero-order valence-corrected chi connectivity index (χ0v) is 19.2. The zero-order valence-electron chi connectivity index (χ0n) is 18.4. The van der Waals surface area contributed by atoms with Gasteiger partial charge in [-0.2, -0.15) is 4.31 Å². The third-order valence-electron chi connectivity index (χ3n) is 4.80. The molecule has 0 unspecified atom stereocenters. The van der Waals surface area contributed by atoms with E-state index in [-0.39, 0.29) is 36.6 Å². The van der Waals surface area contributed by atoms with Crippen molar-refractivity contribution in [2.24, 2.45) is 0 Å². The Kier molecular flexibility index (Phi) is 8.64. The molecule has 0 aliphatic carbocycles. The highest BCUT2D eigenvalue weighted by Gasteiger charge is 2.27. The van der Waals surface area contributed by atoms with Crippen LogP contribution >= 0.6 is 0 Å². The summed E-state index contributed by atoms with van der Waals surface area (Å²) in [6.07, 6.45) is -0.00574. The molecule has 3 N–H and O–H groups in total. The monoisotopic (exact) mass is 476 g/mol. The summed E-state index contributed by atoms with van der Waals surface area (Å²) in [5.74, 6) is -0.0292. The molecule has 1 saturated heterocycles. The first kappa shape index (κ1) is 24.5. The Bertz CT molecular complexity index is 1060.